The highest BCUT2D eigenvalue weighted by Crippen LogP contribution is 2.47. The predicted octanol–water partition coefficient (Wildman–Crippen LogP) is 3.13. The van der Waals surface area contributed by atoms with Gasteiger partial charge < -0.3 is 4.90 Å². The van der Waals surface area contributed by atoms with E-state index in [4.69, 9.17) is 0 Å². The summed E-state index contributed by atoms with van der Waals surface area (Å²) in [6, 6.07) is 6.43. The summed E-state index contributed by atoms with van der Waals surface area (Å²) in [5.41, 5.74) is 1.85. The second kappa shape index (κ2) is 5.34. The Balaban J connectivity index is 1.37. The molecule has 4 rings (SSSR count). The number of allylic oxidation sites excluding steroid dienone is 1. The summed E-state index contributed by atoms with van der Waals surface area (Å²) in [5.74, 6) is 1.17. The van der Waals surface area contributed by atoms with Crippen LogP contribution in [0.5, 0.6) is 0 Å². The van der Waals surface area contributed by atoms with E-state index >= 15 is 0 Å². The summed E-state index contributed by atoms with van der Waals surface area (Å²) in [6.07, 6.45) is 7.18. The van der Waals surface area contributed by atoms with Crippen molar-refractivity contribution in [1.29, 1.82) is 0 Å². The van der Waals surface area contributed by atoms with Gasteiger partial charge in [0.25, 0.3) is 0 Å². The third-order valence-electron chi connectivity index (χ3n) is 5.00. The van der Waals surface area contributed by atoms with E-state index in [2.05, 4.69) is 11.1 Å². The Morgan fingerprint density at radius 1 is 1.23 bits per heavy atom. The van der Waals surface area contributed by atoms with Crippen LogP contribution in [0.15, 0.2) is 35.3 Å². The van der Waals surface area contributed by atoms with E-state index in [0.717, 1.165) is 43.6 Å². The molecule has 2 aliphatic heterocycles. The highest BCUT2D eigenvalue weighted by molar-refractivity contribution is 5.84. The second-order valence-corrected chi connectivity index (χ2v) is 6.46. The van der Waals surface area contributed by atoms with E-state index < -0.39 is 0 Å². The highest BCUT2D eigenvalue weighted by atomic mass is 19.1. The molecule has 0 N–H and O–H groups in total. The van der Waals surface area contributed by atoms with Crippen LogP contribution in [0, 0.1) is 23.6 Å². The zero-order chi connectivity index (χ0) is 15.1. The van der Waals surface area contributed by atoms with Crippen LogP contribution < -0.4 is 0 Å². The van der Waals surface area contributed by atoms with E-state index in [1.54, 1.807) is 12.1 Å². The van der Waals surface area contributed by atoms with Gasteiger partial charge in [0, 0.05) is 31.1 Å². The smallest absolute Gasteiger partial charge is 0.225 e. The monoisotopic (exact) mass is 298 g/mol. The maximum atomic E-state index is 13.0. The van der Waals surface area contributed by atoms with E-state index in [0.29, 0.717) is 17.7 Å². The van der Waals surface area contributed by atoms with E-state index in [1.165, 1.54) is 12.1 Å². The Morgan fingerprint density at radius 2 is 2.00 bits per heavy atom. The van der Waals surface area contributed by atoms with Crippen LogP contribution in [-0.4, -0.2) is 30.1 Å². The molecule has 4 heteroatoms. The summed E-state index contributed by atoms with van der Waals surface area (Å²) < 4.78 is 13.0. The molecule has 3 aliphatic rings. The first kappa shape index (κ1) is 13.7. The van der Waals surface area contributed by atoms with Gasteiger partial charge >= 0.3 is 0 Å². The Labute approximate surface area is 129 Å². The van der Waals surface area contributed by atoms with Crippen molar-refractivity contribution in [3.63, 3.8) is 0 Å². The fraction of sp³-hybridized carbons (Fsp3) is 0.444. The molecule has 114 valence electrons. The molecule has 3 atom stereocenters. The van der Waals surface area contributed by atoms with Gasteiger partial charge in [-0.05, 0) is 55.0 Å². The number of hydrogen-bond acceptors (Lipinski definition) is 2. The fourth-order valence-electron chi connectivity index (χ4n) is 3.38. The van der Waals surface area contributed by atoms with E-state index in [9.17, 15) is 9.18 Å². The molecule has 3 nitrogen and oxygen atoms in total. The Morgan fingerprint density at radius 3 is 2.59 bits per heavy atom. The first-order valence-corrected chi connectivity index (χ1v) is 8.01. The molecule has 0 radical (unpaired) electrons. The molecule has 1 saturated heterocycles. The quantitative estimate of drug-likeness (QED) is 0.844. The van der Waals surface area contributed by atoms with Gasteiger partial charge in [0.2, 0.25) is 5.91 Å². The van der Waals surface area contributed by atoms with Crippen LogP contribution in [0.1, 0.15) is 24.8 Å². The number of halogens is 1. The van der Waals surface area contributed by atoms with Crippen molar-refractivity contribution in [3.8, 4) is 0 Å². The van der Waals surface area contributed by atoms with Crippen LogP contribution >= 0.6 is 0 Å². The van der Waals surface area contributed by atoms with Crippen molar-refractivity contribution >= 4 is 17.8 Å². The lowest BCUT2D eigenvalue weighted by molar-refractivity contribution is -0.136. The SMILES string of the molecule is O=C([C@@H]1C[C@H]1C1C=NC(c2ccc(F)cc2)=CC1)N1CCC1. The van der Waals surface area contributed by atoms with Gasteiger partial charge in [0.1, 0.15) is 5.82 Å². The number of benzene rings is 1. The normalized spacial score (nSPS) is 29.8. The van der Waals surface area contributed by atoms with Gasteiger partial charge in [0.05, 0.1) is 5.70 Å². The summed E-state index contributed by atoms with van der Waals surface area (Å²) in [4.78, 5) is 18.7. The Hall–Kier alpha value is -1.97. The maximum Gasteiger partial charge on any atom is 0.225 e. The summed E-state index contributed by atoms with van der Waals surface area (Å²) >= 11 is 0. The topological polar surface area (TPSA) is 32.7 Å². The van der Waals surface area contributed by atoms with Crippen molar-refractivity contribution in [2.45, 2.75) is 19.3 Å². The van der Waals surface area contributed by atoms with E-state index in [1.807, 2.05) is 11.1 Å². The lowest BCUT2D eigenvalue weighted by atomic mass is 9.95. The van der Waals surface area contributed by atoms with Crippen LogP contribution in [-0.2, 0) is 4.79 Å². The van der Waals surface area contributed by atoms with Gasteiger partial charge in [-0.3, -0.25) is 9.79 Å². The predicted molar refractivity (Wildman–Crippen MR) is 83.8 cm³/mol. The molecule has 1 aliphatic carbocycles. The molecular formula is C18H19FN2O. The number of likely N-dealkylation sites (tertiary alicyclic amines) is 1. The molecular weight excluding hydrogens is 279 g/mol. The summed E-state index contributed by atoms with van der Waals surface area (Å²) in [7, 11) is 0. The first-order valence-electron chi connectivity index (χ1n) is 8.01. The minimum absolute atomic E-state index is 0.220. The maximum absolute atomic E-state index is 13.0. The van der Waals surface area contributed by atoms with Crippen molar-refractivity contribution in [2.24, 2.45) is 22.7 Å². The van der Waals surface area contributed by atoms with Gasteiger partial charge in [-0.25, -0.2) is 4.39 Å². The fourth-order valence-corrected chi connectivity index (χ4v) is 3.38. The minimum atomic E-state index is -0.229. The third kappa shape index (κ3) is 2.47. The molecule has 2 fully saturated rings. The van der Waals surface area contributed by atoms with E-state index in [-0.39, 0.29) is 11.7 Å². The molecule has 22 heavy (non-hydrogen) atoms. The van der Waals surface area contributed by atoms with Gasteiger partial charge in [0.15, 0.2) is 0 Å². The largest absolute Gasteiger partial charge is 0.342 e. The molecule has 0 bridgehead atoms. The molecule has 1 aromatic carbocycles. The lowest BCUT2D eigenvalue weighted by Gasteiger charge is -2.31. The molecule has 2 heterocycles. The van der Waals surface area contributed by atoms with Crippen molar-refractivity contribution in [1.82, 2.24) is 4.90 Å². The van der Waals surface area contributed by atoms with Crippen LogP contribution in [0.4, 0.5) is 4.39 Å². The van der Waals surface area contributed by atoms with Gasteiger partial charge in [-0.1, -0.05) is 6.08 Å². The van der Waals surface area contributed by atoms with Crippen molar-refractivity contribution < 1.29 is 9.18 Å². The summed E-state index contributed by atoms with van der Waals surface area (Å²) in [6.45, 7) is 1.88. The average molecular weight is 298 g/mol. The number of amides is 1. The molecule has 1 unspecified atom stereocenters. The van der Waals surface area contributed by atoms with Crippen LogP contribution in [0.2, 0.25) is 0 Å². The van der Waals surface area contributed by atoms with Crippen molar-refractivity contribution in [3.05, 3.63) is 41.7 Å². The zero-order valence-electron chi connectivity index (χ0n) is 12.4. The molecule has 0 spiro atoms. The Bertz CT molecular complexity index is 646. The number of hydrogen-bond donors (Lipinski definition) is 0. The highest BCUT2D eigenvalue weighted by Gasteiger charge is 2.49. The third-order valence-corrected chi connectivity index (χ3v) is 5.00. The number of nitrogens with zero attached hydrogens (tertiary/aromatic N) is 2. The number of rotatable bonds is 3. The average Bonchev–Trinajstić information content (AvgIpc) is 3.27. The summed E-state index contributed by atoms with van der Waals surface area (Å²) in [5, 5.41) is 0. The van der Waals surface area contributed by atoms with Crippen LogP contribution in [0.3, 0.4) is 0 Å². The van der Waals surface area contributed by atoms with Gasteiger partial charge in [-0.2, -0.15) is 0 Å². The molecule has 1 aromatic rings. The molecule has 1 amide bonds. The standard InChI is InChI=1S/C18H19FN2O/c19-14-5-2-12(3-6-14)17-7-4-13(11-20-17)15-10-16(15)18(22)21-8-1-9-21/h2-3,5-7,11,13,15-16H,1,4,8-10H2/t13?,15-,16+/m0/s1. The van der Waals surface area contributed by atoms with Crippen molar-refractivity contribution in [2.75, 3.05) is 13.1 Å². The lowest BCUT2D eigenvalue weighted by Crippen LogP contribution is -2.43. The number of carbonyl (C=O) groups excluding carboxylic acids is 1. The molecule has 1 saturated carbocycles. The van der Waals surface area contributed by atoms with Gasteiger partial charge in [-0.15, -0.1) is 0 Å². The molecule has 0 aromatic heterocycles. The number of aliphatic imine (C=N–C) groups is 1. The first-order chi connectivity index (χ1) is 10.7. The van der Waals surface area contributed by atoms with Crippen LogP contribution in [0.25, 0.3) is 5.70 Å². The zero-order valence-corrected chi connectivity index (χ0v) is 12.4. The Kier molecular flexibility index (Phi) is 3.32. The second-order valence-electron chi connectivity index (χ2n) is 6.46. The minimum Gasteiger partial charge on any atom is -0.342 e. The number of carbonyl (C=O) groups is 1.